The summed E-state index contributed by atoms with van der Waals surface area (Å²) in [7, 11) is 1.30. The number of halogens is 3. The lowest BCUT2D eigenvalue weighted by molar-refractivity contribution is -0.139. The highest BCUT2D eigenvalue weighted by Gasteiger charge is 2.34. The second kappa shape index (κ2) is 8.08. The van der Waals surface area contributed by atoms with Crippen molar-refractivity contribution in [3.8, 4) is 5.75 Å². The fourth-order valence-corrected chi connectivity index (χ4v) is 3.23. The van der Waals surface area contributed by atoms with Crippen molar-refractivity contribution in [1.82, 2.24) is 4.98 Å². The van der Waals surface area contributed by atoms with Gasteiger partial charge in [-0.25, -0.2) is 9.78 Å². The number of carbonyl (C=O) groups excluding carboxylic acids is 1. The number of methoxy groups -OCH3 is 1. The van der Waals surface area contributed by atoms with Crippen molar-refractivity contribution < 1.29 is 27.4 Å². The van der Waals surface area contributed by atoms with E-state index in [1.54, 1.807) is 6.07 Å². The predicted octanol–water partition coefficient (Wildman–Crippen LogP) is 4.10. The van der Waals surface area contributed by atoms with Gasteiger partial charge in [0.15, 0.2) is 5.69 Å². The molecule has 1 aliphatic heterocycles. The zero-order chi connectivity index (χ0) is 20.3. The van der Waals surface area contributed by atoms with Crippen molar-refractivity contribution >= 4 is 11.8 Å². The SMILES string of the molecule is COC(=O)c1cc(C)cc(N2CC[C@H](COc3ccccc3C(F)(F)F)C2)n1. The molecule has 0 aliphatic carbocycles. The number of para-hydroxylation sites is 1. The second-order valence-corrected chi connectivity index (χ2v) is 6.79. The zero-order valence-electron chi connectivity index (χ0n) is 15.6. The van der Waals surface area contributed by atoms with Gasteiger partial charge in [-0.2, -0.15) is 13.2 Å². The molecule has 1 aromatic heterocycles. The molecule has 150 valence electrons. The van der Waals surface area contributed by atoms with Gasteiger partial charge in [-0.05, 0) is 43.2 Å². The Morgan fingerprint density at radius 2 is 2.04 bits per heavy atom. The van der Waals surface area contributed by atoms with Crippen molar-refractivity contribution in [1.29, 1.82) is 0 Å². The first-order valence-corrected chi connectivity index (χ1v) is 8.89. The standard InChI is InChI=1S/C20H21F3N2O3/c1-13-9-16(19(26)27-2)24-18(10-13)25-8-7-14(11-25)12-28-17-6-4-3-5-15(17)20(21,22)23/h3-6,9-10,14H,7-8,11-12H2,1-2H3/t14-/m0/s1. The van der Waals surface area contributed by atoms with E-state index in [2.05, 4.69) is 4.98 Å². The van der Waals surface area contributed by atoms with Crippen LogP contribution in [-0.4, -0.2) is 37.8 Å². The van der Waals surface area contributed by atoms with E-state index in [0.29, 0.717) is 18.9 Å². The third-order valence-corrected chi connectivity index (χ3v) is 4.63. The van der Waals surface area contributed by atoms with Crippen molar-refractivity contribution in [2.75, 3.05) is 31.7 Å². The van der Waals surface area contributed by atoms with Crippen LogP contribution in [0.4, 0.5) is 19.0 Å². The Hall–Kier alpha value is -2.77. The minimum absolute atomic E-state index is 0.0604. The number of alkyl halides is 3. The van der Waals surface area contributed by atoms with Gasteiger partial charge >= 0.3 is 12.1 Å². The number of pyridine rings is 1. The molecule has 0 radical (unpaired) electrons. The van der Waals surface area contributed by atoms with Gasteiger partial charge in [0.1, 0.15) is 11.6 Å². The first-order chi connectivity index (χ1) is 13.3. The summed E-state index contributed by atoms with van der Waals surface area (Å²) in [5.74, 6) is 0.0478. The highest BCUT2D eigenvalue weighted by Crippen LogP contribution is 2.36. The molecule has 0 spiro atoms. The number of carbonyl (C=O) groups is 1. The number of anilines is 1. The molecule has 28 heavy (non-hydrogen) atoms. The number of nitrogens with zero attached hydrogens (tertiary/aromatic N) is 2. The van der Waals surface area contributed by atoms with Crippen LogP contribution < -0.4 is 9.64 Å². The smallest absolute Gasteiger partial charge is 0.419 e. The number of esters is 1. The predicted molar refractivity (Wildman–Crippen MR) is 97.6 cm³/mol. The lowest BCUT2D eigenvalue weighted by Crippen LogP contribution is -2.24. The van der Waals surface area contributed by atoms with Gasteiger partial charge in [-0.3, -0.25) is 0 Å². The van der Waals surface area contributed by atoms with Crippen LogP contribution in [0.3, 0.4) is 0 Å². The zero-order valence-corrected chi connectivity index (χ0v) is 15.6. The van der Waals surface area contributed by atoms with Gasteiger partial charge < -0.3 is 14.4 Å². The number of ether oxygens (including phenoxy) is 2. The molecule has 1 saturated heterocycles. The van der Waals surface area contributed by atoms with E-state index in [0.717, 1.165) is 18.1 Å². The van der Waals surface area contributed by atoms with Gasteiger partial charge in [-0.1, -0.05) is 12.1 Å². The van der Waals surface area contributed by atoms with Crippen LogP contribution in [-0.2, 0) is 10.9 Å². The van der Waals surface area contributed by atoms with E-state index < -0.39 is 17.7 Å². The van der Waals surface area contributed by atoms with Gasteiger partial charge in [0.05, 0.1) is 19.3 Å². The minimum Gasteiger partial charge on any atom is -0.493 e. The number of hydrogen-bond acceptors (Lipinski definition) is 5. The maximum Gasteiger partial charge on any atom is 0.419 e. The fourth-order valence-electron chi connectivity index (χ4n) is 3.23. The molecule has 1 aliphatic rings. The first-order valence-electron chi connectivity index (χ1n) is 8.89. The summed E-state index contributed by atoms with van der Waals surface area (Å²) in [5.41, 5.74) is 0.341. The molecule has 0 amide bonds. The van der Waals surface area contributed by atoms with E-state index in [1.807, 2.05) is 17.9 Å². The minimum atomic E-state index is -4.45. The summed E-state index contributed by atoms with van der Waals surface area (Å²) >= 11 is 0. The molecular weight excluding hydrogens is 373 g/mol. The van der Waals surface area contributed by atoms with Crippen LogP contribution in [0.15, 0.2) is 36.4 Å². The summed E-state index contributed by atoms with van der Waals surface area (Å²) < 4.78 is 49.4. The Kier molecular flexibility index (Phi) is 5.76. The maximum absolute atomic E-state index is 13.1. The lowest BCUT2D eigenvalue weighted by atomic mass is 10.1. The Morgan fingerprint density at radius 1 is 1.29 bits per heavy atom. The van der Waals surface area contributed by atoms with E-state index in [9.17, 15) is 18.0 Å². The molecule has 0 bridgehead atoms. The van der Waals surface area contributed by atoms with E-state index in [1.165, 1.54) is 25.3 Å². The average molecular weight is 394 g/mol. The van der Waals surface area contributed by atoms with Gasteiger partial charge in [0.25, 0.3) is 0 Å². The molecule has 1 aromatic carbocycles. The Labute approximate surface area is 161 Å². The number of benzene rings is 1. The van der Waals surface area contributed by atoms with Crippen LogP contribution >= 0.6 is 0 Å². The largest absolute Gasteiger partial charge is 0.493 e. The molecule has 2 aromatic rings. The molecule has 5 nitrogen and oxygen atoms in total. The normalized spacial score (nSPS) is 16.9. The molecule has 8 heteroatoms. The van der Waals surface area contributed by atoms with Crippen molar-refractivity contribution in [2.24, 2.45) is 5.92 Å². The Bertz CT molecular complexity index is 855. The van der Waals surface area contributed by atoms with Crippen molar-refractivity contribution in [3.05, 3.63) is 53.2 Å². The topological polar surface area (TPSA) is 51.7 Å². The van der Waals surface area contributed by atoms with E-state index in [-0.39, 0.29) is 24.0 Å². The van der Waals surface area contributed by atoms with Crippen LogP contribution in [0.25, 0.3) is 0 Å². The molecule has 0 saturated carbocycles. The van der Waals surface area contributed by atoms with Crippen LogP contribution in [0.1, 0.15) is 28.0 Å². The van der Waals surface area contributed by atoms with Crippen molar-refractivity contribution in [3.63, 3.8) is 0 Å². The number of rotatable bonds is 5. The lowest BCUT2D eigenvalue weighted by Gasteiger charge is -2.19. The van der Waals surface area contributed by atoms with Crippen molar-refractivity contribution in [2.45, 2.75) is 19.5 Å². The number of aryl methyl sites for hydroxylation is 1. The number of hydrogen-bond donors (Lipinski definition) is 0. The maximum atomic E-state index is 13.1. The highest BCUT2D eigenvalue weighted by molar-refractivity contribution is 5.87. The van der Waals surface area contributed by atoms with Gasteiger partial charge in [-0.15, -0.1) is 0 Å². The van der Waals surface area contributed by atoms with Gasteiger partial charge in [0, 0.05) is 19.0 Å². The Morgan fingerprint density at radius 3 is 2.75 bits per heavy atom. The molecular formula is C20H21F3N2O3. The number of aromatic nitrogens is 1. The van der Waals surface area contributed by atoms with Crippen LogP contribution in [0.2, 0.25) is 0 Å². The summed E-state index contributed by atoms with van der Waals surface area (Å²) in [6, 6.07) is 8.74. The quantitative estimate of drug-likeness (QED) is 0.715. The molecule has 0 unspecified atom stereocenters. The second-order valence-electron chi connectivity index (χ2n) is 6.79. The van der Waals surface area contributed by atoms with E-state index >= 15 is 0 Å². The molecule has 1 atom stereocenters. The van der Waals surface area contributed by atoms with Crippen LogP contribution in [0, 0.1) is 12.8 Å². The summed E-state index contributed by atoms with van der Waals surface area (Å²) in [5, 5.41) is 0. The molecule has 1 fully saturated rings. The third kappa shape index (κ3) is 4.55. The third-order valence-electron chi connectivity index (χ3n) is 4.63. The Balaban J connectivity index is 1.66. The van der Waals surface area contributed by atoms with E-state index in [4.69, 9.17) is 9.47 Å². The molecule has 0 N–H and O–H groups in total. The van der Waals surface area contributed by atoms with Gasteiger partial charge in [0.2, 0.25) is 0 Å². The summed E-state index contributed by atoms with van der Waals surface area (Å²) in [4.78, 5) is 18.1. The highest BCUT2D eigenvalue weighted by atomic mass is 19.4. The summed E-state index contributed by atoms with van der Waals surface area (Å²) in [6.45, 7) is 3.32. The van der Waals surface area contributed by atoms with Crippen LogP contribution in [0.5, 0.6) is 5.75 Å². The molecule has 3 rings (SSSR count). The molecule has 2 heterocycles. The average Bonchev–Trinajstić information content (AvgIpc) is 3.14. The first kappa shape index (κ1) is 20.0. The monoisotopic (exact) mass is 394 g/mol. The summed E-state index contributed by atoms with van der Waals surface area (Å²) in [6.07, 6.45) is -3.69. The fraction of sp³-hybridized carbons (Fsp3) is 0.400.